The van der Waals surface area contributed by atoms with Crippen LogP contribution in [0.1, 0.15) is 24.5 Å². The fraction of sp³-hybridized carbons (Fsp3) is 0.600. The van der Waals surface area contributed by atoms with Crippen LogP contribution in [0.25, 0.3) is 0 Å². The van der Waals surface area contributed by atoms with Crippen LogP contribution in [0.3, 0.4) is 0 Å². The van der Waals surface area contributed by atoms with E-state index in [2.05, 4.69) is 11.0 Å². The Balaban J connectivity index is 2.68. The quantitative estimate of drug-likeness (QED) is 0.750. The molecule has 0 aliphatic carbocycles. The summed E-state index contributed by atoms with van der Waals surface area (Å²) < 4.78 is 5.52. The van der Waals surface area contributed by atoms with Crippen LogP contribution in [-0.2, 0) is 6.54 Å². The van der Waals surface area contributed by atoms with E-state index < -0.39 is 0 Å². The normalized spacial score (nSPS) is 12.7. The molecule has 1 unspecified atom stereocenters. The molecule has 1 aromatic carbocycles. The number of rotatable bonds is 8. The van der Waals surface area contributed by atoms with Crippen molar-refractivity contribution in [3.05, 3.63) is 29.3 Å². The van der Waals surface area contributed by atoms with Gasteiger partial charge in [-0.1, -0.05) is 12.1 Å². The van der Waals surface area contributed by atoms with E-state index in [1.807, 2.05) is 33.0 Å². The summed E-state index contributed by atoms with van der Waals surface area (Å²) in [5.41, 5.74) is 2.30. The number of aliphatic hydroxyl groups excluding tert-OH is 2. The van der Waals surface area contributed by atoms with Crippen molar-refractivity contribution < 1.29 is 14.9 Å². The third-order valence-corrected chi connectivity index (χ3v) is 3.27. The van der Waals surface area contributed by atoms with Crippen LogP contribution in [0.5, 0.6) is 5.75 Å². The molecular formula is C15H25NO3. The Labute approximate surface area is 115 Å². The number of hydrogen-bond donors (Lipinski definition) is 2. The number of benzene rings is 1. The van der Waals surface area contributed by atoms with E-state index in [0.29, 0.717) is 13.0 Å². The van der Waals surface area contributed by atoms with Crippen LogP contribution in [0.2, 0.25) is 0 Å². The minimum atomic E-state index is -0.00289. The Hall–Kier alpha value is -1.10. The highest BCUT2D eigenvalue weighted by Crippen LogP contribution is 2.20. The predicted octanol–water partition coefficient (Wildman–Crippen LogP) is 1.57. The monoisotopic (exact) mass is 267 g/mol. The molecule has 4 heteroatoms. The molecule has 1 aromatic rings. The summed E-state index contributed by atoms with van der Waals surface area (Å²) in [5, 5.41) is 18.3. The standard InChI is InChI=1S/C15H25NO3/c1-4-19-15-6-5-13(9-12(15)2)10-16(3)14(11-18)7-8-17/h5-6,9,14,17-18H,4,7-8,10-11H2,1-3H3. The molecule has 0 spiro atoms. The fourth-order valence-corrected chi connectivity index (χ4v) is 2.14. The zero-order chi connectivity index (χ0) is 14.3. The molecule has 2 N–H and O–H groups in total. The molecule has 0 amide bonds. The van der Waals surface area contributed by atoms with Crippen molar-refractivity contribution in [2.24, 2.45) is 0 Å². The number of aliphatic hydroxyl groups is 2. The van der Waals surface area contributed by atoms with E-state index in [9.17, 15) is 5.11 Å². The second-order valence-corrected chi connectivity index (χ2v) is 4.80. The Bertz CT molecular complexity index is 382. The Morgan fingerprint density at radius 2 is 2.05 bits per heavy atom. The Kier molecular flexibility index (Phi) is 6.84. The van der Waals surface area contributed by atoms with Crippen molar-refractivity contribution in [1.82, 2.24) is 4.90 Å². The Morgan fingerprint density at radius 3 is 2.58 bits per heavy atom. The van der Waals surface area contributed by atoms with Gasteiger partial charge in [-0.3, -0.25) is 4.90 Å². The molecule has 0 heterocycles. The van der Waals surface area contributed by atoms with E-state index in [4.69, 9.17) is 9.84 Å². The summed E-state index contributed by atoms with van der Waals surface area (Å²) in [6, 6.07) is 6.13. The SMILES string of the molecule is CCOc1ccc(CN(C)C(CO)CCO)cc1C. The van der Waals surface area contributed by atoms with Crippen molar-refractivity contribution in [3.8, 4) is 5.75 Å². The van der Waals surface area contributed by atoms with Gasteiger partial charge in [0.05, 0.1) is 13.2 Å². The lowest BCUT2D eigenvalue weighted by Gasteiger charge is -2.26. The highest BCUT2D eigenvalue weighted by Gasteiger charge is 2.13. The second-order valence-electron chi connectivity index (χ2n) is 4.80. The number of likely N-dealkylation sites (N-methyl/N-ethyl adjacent to an activating group) is 1. The van der Waals surface area contributed by atoms with Crippen molar-refractivity contribution in [3.63, 3.8) is 0 Å². The highest BCUT2D eigenvalue weighted by atomic mass is 16.5. The third-order valence-electron chi connectivity index (χ3n) is 3.27. The molecule has 0 aliphatic heterocycles. The van der Waals surface area contributed by atoms with Gasteiger partial charge in [-0.2, -0.15) is 0 Å². The summed E-state index contributed by atoms with van der Waals surface area (Å²) in [6.45, 7) is 5.58. The van der Waals surface area contributed by atoms with Gasteiger partial charge in [-0.05, 0) is 44.5 Å². The van der Waals surface area contributed by atoms with E-state index in [1.54, 1.807) is 0 Å². The maximum Gasteiger partial charge on any atom is 0.122 e. The maximum atomic E-state index is 9.30. The summed E-state index contributed by atoms with van der Waals surface area (Å²) >= 11 is 0. The summed E-state index contributed by atoms with van der Waals surface area (Å²) in [7, 11) is 1.96. The number of aryl methyl sites for hydroxylation is 1. The molecular weight excluding hydrogens is 242 g/mol. The lowest BCUT2D eigenvalue weighted by molar-refractivity contribution is 0.115. The van der Waals surface area contributed by atoms with Gasteiger partial charge in [-0.15, -0.1) is 0 Å². The van der Waals surface area contributed by atoms with Crippen LogP contribution in [-0.4, -0.2) is 48.0 Å². The molecule has 1 rings (SSSR count). The van der Waals surface area contributed by atoms with Crippen molar-refractivity contribution in [2.45, 2.75) is 32.9 Å². The van der Waals surface area contributed by atoms with Gasteiger partial charge in [0.2, 0.25) is 0 Å². The van der Waals surface area contributed by atoms with Gasteiger partial charge < -0.3 is 14.9 Å². The zero-order valence-electron chi connectivity index (χ0n) is 12.1. The summed E-state index contributed by atoms with van der Waals surface area (Å²) in [4.78, 5) is 2.06. The molecule has 0 bridgehead atoms. The van der Waals surface area contributed by atoms with Gasteiger partial charge in [-0.25, -0.2) is 0 Å². The summed E-state index contributed by atoms with van der Waals surface area (Å²) in [6.07, 6.45) is 0.586. The van der Waals surface area contributed by atoms with E-state index in [-0.39, 0.29) is 19.3 Å². The first kappa shape index (κ1) is 16.0. The molecule has 0 saturated heterocycles. The molecule has 0 radical (unpaired) electrons. The summed E-state index contributed by atoms with van der Waals surface area (Å²) in [5.74, 6) is 0.919. The minimum absolute atomic E-state index is 0.00289. The zero-order valence-corrected chi connectivity index (χ0v) is 12.1. The Morgan fingerprint density at radius 1 is 1.32 bits per heavy atom. The fourth-order valence-electron chi connectivity index (χ4n) is 2.14. The van der Waals surface area contributed by atoms with Gasteiger partial charge in [0.1, 0.15) is 5.75 Å². The van der Waals surface area contributed by atoms with E-state index in [0.717, 1.165) is 17.9 Å². The van der Waals surface area contributed by atoms with Crippen LogP contribution in [0.4, 0.5) is 0 Å². The first-order chi connectivity index (χ1) is 9.12. The number of hydrogen-bond acceptors (Lipinski definition) is 4. The maximum absolute atomic E-state index is 9.30. The lowest BCUT2D eigenvalue weighted by Crippen LogP contribution is -2.35. The van der Waals surface area contributed by atoms with Crippen molar-refractivity contribution in [2.75, 3.05) is 26.9 Å². The van der Waals surface area contributed by atoms with Gasteiger partial charge in [0, 0.05) is 19.2 Å². The number of nitrogens with zero attached hydrogens (tertiary/aromatic N) is 1. The van der Waals surface area contributed by atoms with Crippen LogP contribution < -0.4 is 4.74 Å². The minimum Gasteiger partial charge on any atom is -0.494 e. The van der Waals surface area contributed by atoms with Crippen LogP contribution in [0, 0.1) is 6.92 Å². The molecule has 1 atom stereocenters. The topological polar surface area (TPSA) is 52.9 Å². The van der Waals surface area contributed by atoms with Crippen molar-refractivity contribution in [1.29, 1.82) is 0 Å². The average Bonchev–Trinajstić information content (AvgIpc) is 2.39. The molecule has 19 heavy (non-hydrogen) atoms. The molecule has 0 aliphatic rings. The highest BCUT2D eigenvalue weighted by molar-refractivity contribution is 5.36. The average molecular weight is 267 g/mol. The largest absolute Gasteiger partial charge is 0.494 e. The molecule has 108 valence electrons. The molecule has 0 fully saturated rings. The molecule has 0 aromatic heterocycles. The molecule has 4 nitrogen and oxygen atoms in total. The second kappa shape index (κ2) is 8.15. The number of ether oxygens (including phenoxy) is 1. The van der Waals surface area contributed by atoms with Crippen LogP contribution >= 0.6 is 0 Å². The van der Waals surface area contributed by atoms with Gasteiger partial charge in [0.15, 0.2) is 0 Å². The van der Waals surface area contributed by atoms with Gasteiger partial charge >= 0.3 is 0 Å². The van der Waals surface area contributed by atoms with Gasteiger partial charge in [0.25, 0.3) is 0 Å². The molecule has 0 saturated carbocycles. The first-order valence-corrected chi connectivity index (χ1v) is 6.76. The predicted molar refractivity (Wildman–Crippen MR) is 76.4 cm³/mol. The van der Waals surface area contributed by atoms with E-state index >= 15 is 0 Å². The smallest absolute Gasteiger partial charge is 0.122 e. The lowest BCUT2D eigenvalue weighted by atomic mass is 10.1. The third kappa shape index (κ3) is 4.82. The van der Waals surface area contributed by atoms with E-state index in [1.165, 1.54) is 5.56 Å². The van der Waals surface area contributed by atoms with Crippen LogP contribution in [0.15, 0.2) is 18.2 Å². The first-order valence-electron chi connectivity index (χ1n) is 6.76. The van der Waals surface area contributed by atoms with Crippen molar-refractivity contribution >= 4 is 0 Å².